The minimum absolute atomic E-state index is 0.0560. The van der Waals surface area contributed by atoms with E-state index < -0.39 is 0 Å². The van der Waals surface area contributed by atoms with Crippen LogP contribution in [-0.2, 0) is 6.54 Å². The largest absolute Gasteiger partial charge is 0.494 e. The van der Waals surface area contributed by atoms with Gasteiger partial charge in [-0.3, -0.25) is 9.69 Å². The van der Waals surface area contributed by atoms with Gasteiger partial charge in [-0.2, -0.15) is 0 Å². The monoisotopic (exact) mass is 449 g/mol. The van der Waals surface area contributed by atoms with Gasteiger partial charge in [-0.25, -0.2) is 4.98 Å². The van der Waals surface area contributed by atoms with Crippen molar-refractivity contribution >= 4 is 5.91 Å². The number of nitrogens with zero attached hydrogens (tertiary/aromatic N) is 2. The second-order valence-electron chi connectivity index (χ2n) is 9.53. The summed E-state index contributed by atoms with van der Waals surface area (Å²) < 4.78 is 5.60. The van der Waals surface area contributed by atoms with Crippen LogP contribution in [0.15, 0.2) is 36.4 Å². The molecule has 1 aliphatic heterocycles. The third-order valence-electron chi connectivity index (χ3n) is 7.05. The number of ether oxygens (including phenoxy) is 1. The SMILES string of the molecule is CCOc1ccc(-c2ccc(C(=O)NCCCC3CCCC3)nc2CN2CCCCC2)cc1. The number of piperidine rings is 1. The molecule has 0 radical (unpaired) electrons. The fourth-order valence-corrected chi connectivity index (χ4v) is 5.22. The van der Waals surface area contributed by atoms with E-state index in [9.17, 15) is 4.79 Å². The molecule has 1 N–H and O–H groups in total. The van der Waals surface area contributed by atoms with Crippen LogP contribution in [0.3, 0.4) is 0 Å². The summed E-state index contributed by atoms with van der Waals surface area (Å²) in [4.78, 5) is 20.2. The van der Waals surface area contributed by atoms with Gasteiger partial charge in [0.2, 0.25) is 0 Å². The summed E-state index contributed by atoms with van der Waals surface area (Å²) in [5.74, 6) is 1.68. The molecule has 1 saturated carbocycles. The molecular formula is C28H39N3O2. The number of amides is 1. The minimum atomic E-state index is -0.0560. The van der Waals surface area contributed by atoms with Gasteiger partial charge in [0.05, 0.1) is 12.3 Å². The number of pyridine rings is 1. The maximum absolute atomic E-state index is 12.8. The number of carbonyl (C=O) groups is 1. The Balaban J connectivity index is 1.45. The van der Waals surface area contributed by atoms with Crippen LogP contribution in [-0.4, -0.2) is 42.0 Å². The van der Waals surface area contributed by atoms with Crippen LogP contribution in [0.5, 0.6) is 5.75 Å². The zero-order valence-electron chi connectivity index (χ0n) is 20.2. The van der Waals surface area contributed by atoms with Crippen LogP contribution >= 0.6 is 0 Å². The van der Waals surface area contributed by atoms with Crippen molar-refractivity contribution < 1.29 is 9.53 Å². The van der Waals surface area contributed by atoms with Crippen LogP contribution in [0.2, 0.25) is 0 Å². The molecule has 0 spiro atoms. The minimum Gasteiger partial charge on any atom is -0.494 e. The predicted molar refractivity (Wildman–Crippen MR) is 133 cm³/mol. The number of rotatable bonds is 10. The smallest absolute Gasteiger partial charge is 0.269 e. The lowest BCUT2D eigenvalue weighted by atomic mass is 10.0. The zero-order valence-corrected chi connectivity index (χ0v) is 20.2. The highest BCUT2D eigenvalue weighted by Gasteiger charge is 2.18. The zero-order chi connectivity index (χ0) is 22.9. The number of hydrogen-bond donors (Lipinski definition) is 1. The first kappa shape index (κ1) is 23.7. The topological polar surface area (TPSA) is 54.5 Å². The Morgan fingerprint density at radius 1 is 1.03 bits per heavy atom. The number of aromatic nitrogens is 1. The van der Waals surface area contributed by atoms with Gasteiger partial charge in [0.1, 0.15) is 11.4 Å². The molecule has 4 rings (SSSR count). The van der Waals surface area contributed by atoms with Gasteiger partial charge in [0, 0.05) is 18.7 Å². The molecule has 5 heteroatoms. The van der Waals surface area contributed by atoms with Crippen molar-refractivity contribution in [3.63, 3.8) is 0 Å². The van der Waals surface area contributed by atoms with Gasteiger partial charge in [0.25, 0.3) is 5.91 Å². The molecule has 178 valence electrons. The molecule has 0 atom stereocenters. The third kappa shape index (κ3) is 6.80. The molecule has 0 unspecified atom stereocenters. The first-order valence-corrected chi connectivity index (χ1v) is 13.0. The average Bonchev–Trinajstić information content (AvgIpc) is 3.37. The molecule has 5 nitrogen and oxygen atoms in total. The van der Waals surface area contributed by atoms with Crippen LogP contribution < -0.4 is 10.1 Å². The fraction of sp³-hybridized carbons (Fsp3) is 0.571. The van der Waals surface area contributed by atoms with Gasteiger partial charge in [0.15, 0.2) is 0 Å². The van der Waals surface area contributed by atoms with Crippen LogP contribution in [0.4, 0.5) is 0 Å². The van der Waals surface area contributed by atoms with Crippen molar-refractivity contribution in [3.8, 4) is 16.9 Å². The lowest BCUT2D eigenvalue weighted by Crippen LogP contribution is -2.30. The molecule has 2 heterocycles. The quantitative estimate of drug-likeness (QED) is 0.464. The number of nitrogens with one attached hydrogen (secondary N) is 1. The summed E-state index contributed by atoms with van der Waals surface area (Å²) in [6, 6.07) is 12.1. The van der Waals surface area contributed by atoms with E-state index in [4.69, 9.17) is 9.72 Å². The van der Waals surface area contributed by atoms with Gasteiger partial charge < -0.3 is 10.1 Å². The van der Waals surface area contributed by atoms with Crippen LogP contribution in [0, 0.1) is 5.92 Å². The van der Waals surface area contributed by atoms with Crippen molar-refractivity contribution in [2.75, 3.05) is 26.2 Å². The molecule has 33 heavy (non-hydrogen) atoms. The number of hydrogen-bond acceptors (Lipinski definition) is 4. The predicted octanol–water partition coefficient (Wildman–Crippen LogP) is 5.83. The Hall–Kier alpha value is -2.40. The summed E-state index contributed by atoms with van der Waals surface area (Å²) >= 11 is 0. The standard InChI is InChI=1S/C28H39N3O2/c1-2-33-24-14-12-23(13-15-24)25-16-17-26(30-27(25)21-31-19-6-3-7-20-31)28(32)29-18-8-11-22-9-4-5-10-22/h12-17,22H,2-11,18-21H2,1H3,(H,29,32). The molecule has 1 aromatic carbocycles. The van der Waals surface area contributed by atoms with Gasteiger partial charge in [-0.15, -0.1) is 0 Å². The molecule has 2 fully saturated rings. The summed E-state index contributed by atoms with van der Waals surface area (Å²) in [5, 5.41) is 3.10. The highest BCUT2D eigenvalue weighted by Crippen LogP contribution is 2.29. The summed E-state index contributed by atoms with van der Waals surface area (Å²) in [6.45, 7) is 6.37. The molecular weight excluding hydrogens is 410 g/mol. The van der Waals surface area contributed by atoms with Gasteiger partial charge >= 0.3 is 0 Å². The van der Waals surface area contributed by atoms with E-state index in [-0.39, 0.29) is 5.91 Å². The maximum atomic E-state index is 12.8. The van der Waals surface area contributed by atoms with E-state index in [1.807, 2.05) is 25.1 Å². The van der Waals surface area contributed by atoms with Gasteiger partial charge in [-0.05, 0) is 75.4 Å². The van der Waals surface area contributed by atoms with Crippen molar-refractivity contribution in [2.45, 2.75) is 71.3 Å². The molecule has 1 aromatic heterocycles. The Kier molecular flexibility index (Phi) is 8.76. The first-order valence-electron chi connectivity index (χ1n) is 13.0. The summed E-state index contributed by atoms with van der Waals surface area (Å²) in [5.41, 5.74) is 3.72. The van der Waals surface area contributed by atoms with Crippen molar-refractivity contribution in [1.29, 1.82) is 0 Å². The molecule has 1 aliphatic carbocycles. The Bertz CT molecular complexity index is 885. The molecule has 0 bridgehead atoms. The van der Waals surface area contributed by atoms with Crippen LogP contribution in [0.1, 0.15) is 80.9 Å². The third-order valence-corrected chi connectivity index (χ3v) is 7.05. The Morgan fingerprint density at radius 3 is 2.52 bits per heavy atom. The number of likely N-dealkylation sites (tertiary alicyclic amines) is 1. The second-order valence-corrected chi connectivity index (χ2v) is 9.53. The lowest BCUT2D eigenvalue weighted by molar-refractivity contribution is 0.0947. The van der Waals surface area contributed by atoms with E-state index >= 15 is 0 Å². The Morgan fingerprint density at radius 2 is 1.79 bits per heavy atom. The summed E-state index contributed by atoms with van der Waals surface area (Å²) in [7, 11) is 0. The number of benzene rings is 1. The van der Waals surface area contributed by atoms with Crippen molar-refractivity contribution in [3.05, 3.63) is 47.8 Å². The van der Waals surface area contributed by atoms with E-state index in [0.717, 1.165) is 61.1 Å². The van der Waals surface area contributed by atoms with E-state index in [1.54, 1.807) is 0 Å². The molecule has 1 saturated heterocycles. The fourth-order valence-electron chi connectivity index (χ4n) is 5.22. The second kappa shape index (κ2) is 12.2. The van der Waals surface area contributed by atoms with Crippen LogP contribution in [0.25, 0.3) is 11.1 Å². The number of carbonyl (C=O) groups excluding carboxylic acids is 1. The normalized spacial score (nSPS) is 17.2. The average molecular weight is 450 g/mol. The molecule has 2 aliphatic rings. The first-order chi connectivity index (χ1) is 16.2. The molecule has 2 aromatic rings. The van der Waals surface area contributed by atoms with E-state index in [0.29, 0.717) is 12.3 Å². The van der Waals surface area contributed by atoms with Crippen molar-refractivity contribution in [2.24, 2.45) is 5.92 Å². The van der Waals surface area contributed by atoms with Gasteiger partial charge in [-0.1, -0.05) is 50.3 Å². The van der Waals surface area contributed by atoms with Crippen molar-refractivity contribution in [1.82, 2.24) is 15.2 Å². The lowest BCUT2D eigenvalue weighted by Gasteiger charge is -2.27. The van der Waals surface area contributed by atoms with E-state index in [2.05, 4.69) is 28.4 Å². The molecule has 1 amide bonds. The highest BCUT2D eigenvalue weighted by molar-refractivity contribution is 5.92. The Labute approximate surface area is 198 Å². The summed E-state index contributed by atoms with van der Waals surface area (Å²) in [6.07, 6.45) is 11.5. The van der Waals surface area contributed by atoms with E-state index in [1.165, 1.54) is 51.4 Å². The maximum Gasteiger partial charge on any atom is 0.269 e. The highest BCUT2D eigenvalue weighted by atomic mass is 16.5.